The van der Waals surface area contributed by atoms with Crippen LogP contribution in [0.4, 0.5) is 4.39 Å². The number of hydrogen-bond acceptors (Lipinski definition) is 5. The van der Waals surface area contributed by atoms with Gasteiger partial charge in [0.15, 0.2) is 0 Å². The zero-order valence-corrected chi connectivity index (χ0v) is 16.2. The van der Waals surface area contributed by atoms with E-state index in [2.05, 4.69) is 11.2 Å². The van der Waals surface area contributed by atoms with Crippen LogP contribution >= 0.6 is 0 Å². The molecule has 0 fully saturated rings. The summed E-state index contributed by atoms with van der Waals surface area (Å²) in [5.41, 5.74) is 2.81. The van der Waals surface area contributed by atoms with Crippen molar-refractivity contribution in [1.82, 2.24) is 9.78 Å². The molecule has 2 aromatic carbocycles. The first-order chi connectivity index (χ1) is 14.1. The SMILES string of the molecule is CCCOC(=O)c1cccc(C#N)c1-c1cc(-c2ccc(F)cc2)n(COC)n1. The van der Waals surface area contributed by atoms with Gasteiger partial charge in [0.05, 0.1) is 35.2 Å². The molecule has 6 nitrogen and oxygen atoms in total. The standard InChI is InChI=1S/C22H20FN3O3/c1-3-11-29-22(27)18-6-4-5-16(13-24)21(18)19-12-20(26(25-19)14-28-2)15-7-9-17(23)10-8-15/h4-10,12H,3,11,14H2,1-2H3. The number of carbonyl (C=O) groups excluding carboxylic acids is 1. The van der Waals surface area contributed by atoms with Gasteiger partial charge in [-0.05, 0) is 48.9 Å². The van der Waals surface area contributed by atoms with Gasteiger partial charge in [-0.3, -0.25) is 0 Å². The van der Waals surface area contributed by atoms with Crippen molar-refractivity contribution >= 4 is 5.97 Å². The van der Waals surface area contributed by atoms with Crippen LogP contribution in [-0.2, 0) is 16.2 Å². The van der Waals surface area contributed by atoms with Gasteiger partial charge in [0, 0.05) is 18.2 Å². The maximum atomic E-state index is 13.3. The van der Waals surface area contributed by atoms with E-state index in [0.29, 0.717) is 28.9 Å². The van der Waals surface area contributed by atoms with Gasteiger partial charge in [0.25, 0.3) is 0 Å². The molecule has 148 valence electrons. The molecule has 0 unspecified atom stereocenters. The number of rotatable bonds is 7. The second kappa shape index (κ2) is 9.13. The van der Waals surface area contributed by atoms with E-state index in [-0.39, 0.29) is 24.7 Å². The van der Waals surface area contributed by atoms with Gasteiger partial charge < -0.3 is 9.47 Å². The lowest BCUT2D eigenvalue weighted by Gasteiger charge is -2.09. The summed E-state index contributed by atoms with van der Waals surface area (Å²) in [7, 11) is 1.53. The predicted molar refractivity (Wildman–Crippen MR) is 105 cm³/mol. The Kier molecular flexibility index (Phi) is 6.37. The molecule has 0 aliphatic rings. The summed E-state index contributed by atoms with van der Waals surface area (Å²) >= 11 is 0. The van der Waals surface area contributed by atoms with Crippen molar-refractivity contribution in [3.63, 3.8) is 0 Å². The monoisotopic (exact) mass is 393 g/mol. The highest BCUT2D eigenvalue weighted by molar-refractivity contribution is 5.98. The number of nitrogens with zero attached hydrogens (tertiary/aromatic N) is 3. The molecule has 3 rings (SSSR count). The Bertz CT molecular complexity index is 1050. The zero-order valence-electron chi connectivity index (χ0n) is 16.2. The Labute approximate surface area is 168 Å². The fourth-order valence-electron chi connectivity index (χ4n) is 2.98. The van der Waals surface area contributed by atoms with Gasteiger partial charge in [-0.15, -0.1) is 0 Å². The zero-order chi connectivity index (χ0) is 20.8. The molecule has 0 N–H and O–H groups in total. The first-order valence-corrected chi connectivity index (χ1v) is 9.12. The summed E-state index contributed by atoms with van der Waals surface area (Å²) < 4.78 is 25.4. The summed E-state index contributed by atoms with van der Waals surface area (Å²) in [6.45, 7) is 2.34. The van der Waals surface area contributed by atoms with Crippen LogP contribution in [0, 0.1) is 17.1 Å². The van der Waals surface area contributed by atoms with E-state index in [4.69, 9.17) is 9.47 Å². The number of ether oxygens (including phenoxy) is 2. The fourth-order valence-corrected chi connectivity index (χ4v) is 2.98. The predicted octanol–water partition coefficient (Wildman–Crippen LogP) is 4.40. The van der Waals surface area contributed by atoms with Crippen molar-refractivity contribution in [2.45, 2.75) is 20.1 Å². The minimum atomic E-state index is -0.511. The van der Waals surface area contributed by atoms with Crippen molar-refractivity contribution in [2.24, 2.45) is 0 Å². The van der Waals surface area contributed by atoms with Gasteiger partial charge in [0.2, 0.25) is 0 Å². The molecule has 0 saturated heterocycles. The summed E-state index contributed by atoms with van der Waals surface area (Å²) in [4.78, 5) is 12.6. The van der Waals surface area contributed by atoms with E-state index in [1.54, 1.807) is 41.1 Å². The van der Waals surface area contributed by atoms with Crippen LogP contribution in [0.1, 0.15) is 29.3 Å². The third kappa shape index (κ3) is 4.33. The summed E-state index contributed by atoms with van der Waals surface area (Å²) in [5, 5.41) is 14.1. The molecule has 0 aliphatic heterocycles. The second-order valence-electron chi connectivity index (χ2n) is 6.31. The van der Waals surface area contributed by atoms with E-state index in [1.807, 2.05) is 6.92 Å². The number of esters is 1. The van der Waals surface area contributed by atoms with Gasteiger partial charge >= 0.3 is 5.97 Å². The van der Waals surface area contributed by atoms with Crippen molar-refractivity contribution in [3.05, 3.63) is 65.5 Å². The fraction of sp³-hybridized carbons (Fsp3) is 0.227. The molecule has 1 aromatic heterocycles. The lowest BCUT2D eigenvalue weighted by molar-refractivity contribution is 0.0506. The Balaban J connectivity index is 2.15. The molecule has 0 atom stereocenters. The molecule has 0 saturated carbocycles. The number of aromatic nitrogens is 2. The van der Waals surface area contributed by atoms with Crippen LogP contribution in [0.2, 0.25) is 0 Å². The average Bonchev–Trinajstić information content (AvgIpc) is 3.15. The van der Waals surface area contributed by atoms with Crippen LogP contribution in [0.25, 0.3) is 22.5 Å². The maximum absolute atomic E-state index is 13.3. The van der Waals surface area contributed by atoms with E-state index < -0.39 is 5.97 Å². The highest BCUT2D eigenvalue weighted by atomic mass is 19.1. The van der Waals surface area contributed by atoms with E-state index >= 15 is 0 Å². The van der Waals surface area contributed by atoms with Crippen molar-refractivity contribution in [2.75, 3.05) is 13.7 Å². The van der Waals surface area contributed by atoms with Gasteiger partial charge in [0.1, 0.15) is 12.5 Å². The molecule has 7 heteroatoms. The van der Waals surface area contributed by atoms with Crippen LogP contribution in [0.15, 0.2) is 48.5 Å². The van der Waals surface area contributed by atoms with Crippen LogP contribution < -0.4 is 0 Å². The summed E-state index contributed by atoms with van der Waals surface area (Å²) in [5.74, 6) is -0.855. The Hall–Kier alpha value is -3.50. The molecular weight excluding hydrogens is 373 g/mol. The third-order valence-corrected chi connectivity index (χ3v) is 4.27. The number of hydrogen-bond donors (Lipinski definition) is 0. The maximum Gasteiger partial charge on any atom is 0.338 e. The second-order valence-corrected chi connectivity index (χ2v) is 6.31. The minimum Gasteiger partial charge on any atom is -0.462 e. The molecule has 0 radical (unpaired) electrons. The molecule has 29 heavy (non-hydrogen) atoms. The van der Waals surface area contributed by atoms with Gasteiger partial charge in [-0.1, -0.05) is 13.0 Å². The molecule has 0 bridgehead atoms. The largest absolute Gasteiger partial charge is 0.462 e. The lowest BCUT2D eigenvalue weighted by atomic mass is 9.98. The normalized spacial score (nSPS) is 10.6. The van der Waals surface area contributed by atoms with E-state index in [0.717, 1.165) is 5.56 Å². The Morgan fingerprint density at radius 3 is 2.66 bits per heavy atom. The first kappa shape index (κ1) is 20.2. The van der Waals surface area contributed by atoms with Crippen molar-refractivity contribution < 1.29 is 18.7 Å². The summed E-state index contributed by atoms with van der Waals surface area (Å²) in [6.07, 6.45) is 0.691. The Morgan fingerprint density at radius 2 is 2.00 bits per heavy atom. The number of carbonyl (C=O) groups is 1. The van der Waals surface area contributed by atoms with E-state index in [1.165, 1.54) is 19.2 Å². The molecule has 0 spiro atoms. The molecule has 3 aromatic rings. The van der Waals surface area contributed by atoms with Crippen LogP contribution in [-0.4, -0.2) is 29.5 Å². The van der Waals surface area contributed by atoms with E-state index in [9.17, 15) is 14.4 Å². The lowest BCUT2D eigenvalue weighted by Crippen LogP contribution is -2.09. The van der Waals surface area contributed by atoms with Crippen molar-refractivity contribution in [3.8, 4) is 28.6 Å². The smallest absolute Gasteiger partial charge is 0.338 e. The molecular formula is C22H20FN3O3. The molecule has 1 heterocycles. The highest BCUT2D eigenvalue weighted by Gasteiger charge is 2.21. The van der Waals surface area contributed by atoms with Crippen LogP contribution in [0.5, 0.6) is 0 Å². The number of methoxy groups -OCH3 is 1. The van der Waals surface area contributed by atoms with Gasteiger partial charge in [-0.25, -0.2) is 13.9 Å². The molecule has 0 aliphatic carbocycles. The Morgan fingerprint density at radius 1 is 1.24 bits per heavy atom. The highest BCUT2D eigenvalue weighted by Crippen LogP contribution is 2.31. The quantitative estimate of drug-likeness (QED) is 0.556. The first-order valence-electron chi connectivity index (χ1n) is 9.12. The third-order valence-electron chi connectivity index (χ3n) is 4.27. The number of benzene rings is 2. The van der Waals surface area contributed by atoms with Gasteiger partial charge in [-0.2, -0.15) is 10.4 Å². The summed E-state index contributed by atoms with van der Waals surface area (Å²) in [6, 6.07) is 14.7. The topological polar surface area (TPSA) is 77.1 Å². The number of nitriles is 1. The average molecular weight is 393 g/mol. The molecule has 0 amide bonds. The minimum absolute atomic E-state index is 0.150. The number of halogens is 1. The van der Waals surface area contributed by atoms with Crippen molar-refractivity contribution in [1.29, 1.82) is 5.26 Å². The van der Waals surface area contributed by atoms with Crippen LogP contribution in [0.3, 0.4) is 0 Å².